The molecule has 2 heteroatoms. The van der Waals surface area contributed by atoms with Crippen molar-refractivity contribution in [3.63, 3.8) is 0 Å². The van der Waals surface area contributed by atoms with Crippen LogP contribution in [0, 0.1) is 0 Å². The van der Waals surface area contributed by atoms with Gasteiger partial charge in [-0.15, -0.1) is 11.3 Å². The molecule has 0 radical (unpaired) electrons. The molecular weight excluding hydrogens is 238 g/mol. The van der Waals surface area contributed by atoms with Crippen LogP contribution >= 0.6 is 11.3 Å². The zero-order chi connectivity index (χ0) is 12.4. The Balaban J connectivity index is 1.85. The fraction of sp³-hybridized carbons (Fsp3) is 0.375. The van der Waals surface area contributed by atoms with E-state index in [4.69, 9.17) is 0 Å². The maximum atomic E-state index is 3.62. The molecule has 0 saturated heterocycles. The summed E-state index contributed by atoms with van der Waals surface area (Å²) in [5.74, 6) is 0. The van der Waals surface area contributed by atoms with Gasteiger partial charge < -0.3 is 5.32 Å². The second-order valence-corrected chi connectivity index (χ2v) is 5.82. The van der Waals surface area contributed by atoms with Crippen molar-refractivity contribution in [2.45, 2.75) is 38.8 Å². The Kier molecular flexibility index (Phi) is 3.48. The summed E-state index contributed by atoms with van der Waals surface area (Å²) >= 11 is 1.89. The molecule has 3 rings (SSSR count). The van der Waals surface area contributed by atoms with Crippen molar-refractivity contribution in [3.8, 4) is 10.4 Å². The summed E-state index contributed by atoms with van der Waals surface area (Å²) < 4.78 is 0. The molecule has 0 spiro atoms. The fourth-order valence-corrected chi connectivity index (χ4v) is 3.50. The molecule has 1 aliphatic rings. The van der Waals surface area contributed by atoms with Gasteiger partial charge in [0.1, 0.15) is 0 Å². The SMILES string of the molecule is CCc1c(CNC2CC2)csc1-c1ccccc1. The molecule has 0 atom stereocenters. The third-order valence-corrected chi connectivity index (χ3v) is 4.65. The van der Waals surface area contributed by atoms with Crippen LogP contribution in [0.4, 0.5) is 0 Å². The first-order valence-electron chi connectivity index (χ1n) is 6.76. The molecule has 0 amide bonds. The zero-order valence-corrected chi connectivity index (χ0v) is 11.6. The monoisotopic (exact) mass is 257 g/mol. The highest BCUT2D eigenvalue weighted by molar-refractivity contribution is 7.14. The summed E-state index contributed by atoms with van der Waals surface area (Å²) in [4.78, 5) is 1.45. The van der Waals surface area contributed by atoms with Gasteiger partial charge in [0.05, 0.1) is 0 Å². The van der Waals surface area contributed by atoms with Crippen molar-refractivity contribution >= 4 is 11.3 Å². The topological polar surface area (TPSA) is 12.0 Å². The number of benzene rings is 1. The van der Waals surface area contributed by atoms with E-state index in [1.165, 1.54) is 34.4 Å². The van der Waals surface area contributed by atoms with Gasteiger partial charge in [0.15, 0.2) is 0 Å². The minimum absolute atomic E-state index is 0.787. The average molecular weight is 257 g/mol. The van der Waals surface area contributed by atoms with Crippen LogP contribution in [0.2, 0.25) is 0 Å². The number of rotatable bonds is 5. The first kappa shape index (κ1) is 11.9. The minimum Gasteiger partial charge on any atom is -0.310 e. The lowest BCUT2D eigenvalue weighted by Crippen LogP contribution is -2.15. The number of thiophene rings is 1. The molecule has 2 aromatic rings. The molecular formula is C16H19NS. The average Bonchev–Trinajstić information content (AvgIpc) is 3.16. The molecule has 1 nitrogen and oxygen atoms in total. The largest absolute Gasteiger partial charge is 0.310 e. The molecule has 0 unspecified atom stereocenters. The van der Waals surface area contributed by atoms with Crippen LogP contribution in [0.5, 0.6) is 0 Å². The predicted octanol–water partition coefficient (Wildman–Crippen LogP) is 4.23. The van der Waals surface area contributed by atoms with Crippen molar-refractivity contribution in [2.75, 3.05) is 0 Å². The highest BCUT2D eigenvalue weighted by Crippen LogP contribution is 2.33. The Hall–Kier alpha value is -1.12. The van der Waals surface area contributed by atoms with Crippen LogP contribution in [-0.4, -0.2) is 6.04 Å². The van der Waals surface area contributed by atoms with E-state index in [9.17, 15) is 0 Å². The molecule has 1 heterocycles. The molecule has 1 saturated carbocycles. The molecule has 94 valence electrons. The Morgan fingerprint density at radius 3 is 2.67 bits per heavy atom. The van der Waals surface area contributed by atoms with Gasteiger partial charge in [-0.1, -0.05) is 37.3 Å². The minimum atomic E-state index is 0.787. The van der Waals surface area contributed by atoms with Crippen LogP contribution in [0.25, 0.3) is 10.4 Å². The van der Waals surface area contributed by atoms with Crippen LogP contribution < -0.4 is 5.32 Å². The van der Waals surface area contributed by atoms with Crippen molar-refractivity contribution in [3.05, 3.63) is 46.8 Å². The molecule has 1 aliphatic carbocycles. The Labute approximate surface area is 113 Å². The van der Waals surface area contributed by atoms with Gasteiger partial charge in [0.2, 0.25) is 0 Å². The number of hydrogen-bond donors (Lipinski definition) is 1. The summed E-state index contributed by atoms with van der Waals surface area (Å²) in [5.41, 5.74) is 4.38. The third kappa shape index (κ3) is 2.50. The Morgan fingerprint density at radius 1 is 1.22 bits per heavy atom. The third-order valence-electron chi connectivity index (χ3n) is 3.53. The van der Waals surface area contributed by atoms with Gasteiger partial charge in [-0.2, -0.15) is 0 Å². The van der Waals surface area contributed by atoms with Crippen molar-refractivity contribution in [1.82, 2.24) is 5.32 Å². The first-order chi connectivity index (χ1) is 8.88. The van der Waals surface area contributed by atoms with Crippen LogP contribution in [0.3, 0.4) is 0 Å². The maximum absolute atomic E-state index is 3.62. The number of hydrogen-bond acceptors (Lipinski definition) is 2. The highest BCUT2D eigenvalue weighted by atomic mass is 32.1. The van der Waals surface area contributed by atoms with Crippen molar-refractivity contribution < 1.29 is 0 Å². The molecule has 0 bridgehead atoms. The molecule has 1 fully saturated rings. The van der Waals surface area contributed by atoms with Gasteiger partial charge >= 0.3 is 0 Å². The molecule has 1 N–H and O–H groups in total. The van der Waals surface area contributed by atoms with E-state index in [0.717, 1.165) is 19.0 Å². The first-order valence-corrected chi connectivity index (χ1v) is 7.64. The van der Waals surface area contributed by atoms with E-state index in [0.29, 0.717) is 0 Å². The van der Waals surface area contributed by atoms with Crippen LogP contribution in [-0.2, 0) is 13.0 Å². The summed E-state index contributed by atoms with van der Waals surface area (Å²) in [6.45, 7) is 3.30. The second kappa shape index (κ2) is 5.25. The van der Waals surface area contributed by atoms with Crippen LogP contribution in [0.15, 0.2) is 35.7 Å². The summed E-state index contributed by atoms with van der Waals surface area (Å²) in [6, 6.07) is 11.5. The van der Waals surface area contributed by atoms with E-state index in [1.807, 2.05) is 11.3 Å². The van der Waals surface area contributed by atoms with E-state index < -0.39 is 0 Å². The van der Waals surface area contributed by atoms with Crippen LogP contribution in [0.1, 0.15) is 30.9 Å². The lowest BCUT2D eigenvalue weighted by atomic mass is 10.0. The van der Waals surface area contributed by atoms with Gasteiger partial charge in [-0.05, 0) is 41.3 Å². The summed E-state index contributed by atoms with van der Waals surface area (Å²) in [5, 5.41) is 5.95. The fourth-order valence-electron chi connectivity index (χ4n) is 2.33. The number of nitrogens with one attached hydrogen (secondary N) is 1. The van der Waals surface area contributed by atoms with Gasteiger partial charge in [-0.3, -0.25) is 0 Å². The van der Waals surface area contributed by atoms with E-state index >= 15 is 0 Å². The predicted molar refractivity (Wildman–Crippen MR) is 79.0 cm³/mol. The normalized spacial score (nSPS) is 14.9. The maximum Gasteiger partial charge on any atom is 0.0377 e. The molecule has 1 aromatic heterocycles. The summed E-state index contributed by atoms with van der Waals surface area (Å²) in [6.07, 6.45) is 3.84. The van der Waals surface area contributed by atoms with Gasteiger partial charge in [-0.25, -0.2) is 0 Å². The van der Waals surface area contributed by atoms with Crippen molar-refractivity contribution in [2.24, 2.45) is 0 Å². The smallest absolute Gasteiger partial charge is 0.0377 e. The lowest BCUT2D eigenvalue weighted by Gasteiger charge is -2.06. The second-order valence-electron chi connectivity index (χ2n) is 4.94. The lowest BCUT2D eigenvalue weighted by molar-refractivity contribution is 0.685. The molecule has 1 aromatic carbocycles. The highest BCUT2D eigenvalue weighted by Gasteiger charge is 2.21. The Bertz CT molecular complexity index is 511. The molecule has 0 aliphatic heterocycles. The van der Waals surface area contributed by atoms with E-state index in [1.54, 1.807) is 0 Å². The van der Waals surface area contributed by atoms with Gasteiger partial charge in [0, 0.05) is 17.5 Å². The Morgan fingerprint density at radius 2 is 2.00 bits per heavy atom. The van der Waals surface area contributed by atoms with E-state index in [-0.39, 0.29) is 0 Å². The quantitative estimate of drug-likeness (QED) is 0.845. The standard InChI is InChI=1S/C16H19NS/c1-2-15-13(10-17-14-8-9-14)11-18-16(15)12-6-4-3-5-7-12/h3-7,11,14,17H,2,8-10H2,1H3. The van der Waals surface area contributed by atoms with E-state index in [2.05, 4.69) is 48.0 Å². The zero-order valence-electron chi connectivity index (χ0n) is 10.8. The van der Waals surface area contributed by atoms with Crippen molar-refractivity contribution in [1.29, 1.82) is 0 Å². The summed E-state index contributed by atoms with van der Waals surface area (Å²) in [7, 11) is 0. The molecule has 18 heavy (non-hydrogen) atoms. The van der Waals surface area contributed by atoms with Gasteiger partial charge in [0.25, 0.3) is 0 Å².